The second-order valence-electron chi connectivity index (χ2n) is 8.39. The number of nitrogens with zero attached hydrogens (tertiary/aromatic N) is 5. The Morgan fingerprint density at radius 3 is 2.59 bits per heavy atom. The Kier molecular flexibility index (Phi) is 12.3. The van der Waals surface area contributed by atoms with Crippen LogP contribution in [0.4, 0.5) is 5.69 Å². The summed E-state index contributed by atoms with van der Waals surface area (Å²) < 4.78 is 5.38. The van der Waals surface area contributed by atoms with E-state index >= 15 is 0 Å². The van der Waals surface area contributed by atoms with Crippen LogP contribution in [0.3, 0.4) is 0 Å². The smallest absolute Gasteiger partial charge is 0.264 e. The number of hydrogen-bond donors (Lipinski definition) is 1. The molecule has 2 aliphatic rings. The van der Waals surface area contributed by atoms with Crippen LogP contribution < -0.4 is 5.32 Å². The average molecular weight is 471 g/mol. The van der Waals surface area contributed by atoms with E-state index in [1.165, 1.54) is 0 Å². The predicted molar refractivity (Wildman–Crippen MR) is 141 cm³/mol. The minimum atomic E-state index is -0.326. The molecule has 0 bridgehead atoms. The summed E-state index contributed by atoms with van der Waals surface area (Å²) >= 11 is 0. The van der Waals surface area contributed by atoms with Crippen molar-refractivity contribution in [1.29, 1.82) is 0 Å². The fourth-order valence-corrected chi connectivity index (χ4v) is 3.90. The van der Waals surface area contributed by atoms with Crippen LogP contribution in [0.2, 0.25) is 0 Å². The Hall–Kier alpha value is -2.71. The maximum atomic E-state index is 12.5. The van der Waals surface area contributed by atoms with Gasteiger partial charge in [0.25, 0.3) is 5.91 Å². The molecule has 2 aliphatic heterocycles. The zero-order valence-electron chi connectivity index (χ0n) is 21.4. The molecule has 1 fully saturated rings. The second kappa shape index (κ2) is 15.2. The van der Waals surface area contributed by atoms with Gasteiger partial charge < -0.3 is 19.9 Å². The summed E-state index contributed by atoms with van der Waals surface area (Å²) in [6.07, 6.45) is 4.89. The standard InChI is InChI=1S/C24H36N6O2.C2H6/c1-25-21-9-5-4-8-20(21)23(26-11-7-13-28(2)3)27-12-14-29-15-17-30(18-16-29)24(31)22-10-6-19-32-22;1-2/h4-6,8-9,19,22H,1,7,10-18H2,2-3H3,(H,26,27);1-2H3. The maximum absolute atomic E-state index is 12.5. The lowest BCUT2D eigenvalue weighted by Crippen LogP contribution is -2.52. The molecule has 1 N–H and O–H groups in total. The van der Waals surface area contributed by atoms with Crippen molar-refractivity contribution in [3.63, 3.8) is 0 Å². The van der Waals surface area contributed by atoms with E-state index in [1.807, 2.05) is 49.1 Å². The van der Waals surface area contributed by atoms with Crippen LogP contribution in [-0.4, -0.2) is 106 Å². The van der Waals surface area contributed by atoms with Gasteiger partial charge in [-0.3, -0.25) is 19.7 Å². The van der Waals surface area contributed by atoms with Crippen molar-refractivity contribution in [1.82, 2.24) is 20.0 Å². The monoisotopic (exact) mass is 470 g/mol. The molecule has 0 aromatic heterocycles. The summed E-state index contributed by atoms with van der Waals surface area (Å²) in [6.45, 7) is 14.4. The summed E-state index contributed by atoms with van der Waals surface area (Å²) in [5.74, 6) is 0.972. The zero-order valence-corrected chi connectivity index (χ0v) is 21.4. The molecule has 34 heavy (non-hydrogen) atoms. The first-order chi connectivity index (χ1) is 16.6. The second-order valence-corrected chi connectivity index (χ2v) is 8.39. The van der Waals surface area contributed by atoms with Gasteiger partial charge in [-0.15, -0.1) is 0 Å². The van der Waals surface area contributed by atoms with Gasteiger partial charge in [0.05, 0.1) is 11.9 Å². The number of amides is 1. The van der Waals surface area contributed by atoms with E-state index in [9.17, 15) is 4.79 Å². The lowest BCUT2D eigenvalue weighted by atomic mass is 10.1. The number of para-hydroxylation sites is 1. The summed E-state index contributed by atoms with van der Waals surface area (Å²) in [5.41, 5.74) is 1.81. The first-order valence-electron chi connectivity index (χ1n) is 12.4. The minimum Gasteiger partial charge on any atom is -0.488 e. The highest BCUT2D eigenvalue weighted by molar-refractivity contribution is 6.03. The van der Waals surface area contributed by atoms with Crippen LogP contribution in [0, 0.1) is 0 Å². The Balaban J connectivity index is 0.00000199. The third-order valence-corrected chi connectivity index (χ3v) is 5.73. The van der Waals surface area contributed by atoms with E-state index < -0.39 is 0 Å². The van der Waals surface area contributed by atoms with Crippen molar-refractivity contribution in [2.75, 3.05) is 66.5 Å². The van der Waals surface area contributed by atoms with Gasteiger partial charge in [0.1, 0.15) is 5.84 Å². The number of carbonyl (C=O) groups excluding carboxylic acids is 1. The van der Waals surface area contributed by atoms with Gasteiger partial charge in [-0.25, -0.2) is 0 Å². The van der Waals surface area contributed by atoms with E-state index in [0.717, 1.165) is 75.9 Å². The molecular weight excluding hydrogens is 428 g/mol. The van der Waals surface area contributed by atoms with Crippen molar-refractivity contribution in [3.05, 3.63) is 42.2 Å². The van der Waals surface area contributed by atoms with E-state index in [1.54, 1.807) is 6.26 Å². The topological polar surface area (TPSA) is 72.8 Å². The molecule has 1 unspecified atom stereocenters. The fourth-order valence-electron chi connectivity index (χ4n) is 3.90. The first kappa shape index (κ1) is 27.5. The molecule has 8 heteroatoms. The molecule has 0 radical (unpaired) electrons. The molecule has 2 heterocycles. The quantitative estimate of drug-likeness (QED) is 0.323. The van der Waals surface area contributed by atoms with Crippen molar-refractivity contribution < 1.29 is 9.53 Å². The van der Waals surface area contributed by atoms with E-state index in [-0.39, 0.29) is 12.0 Å². The number of rotatable bonds is 10. The molecule has 1 atom stereocenters. The maximum Gasteiger partial charge on any atom is 0.264 e. The minimum absolute atomic E-state index is 0.105. The van der Waals surface area contributed by atoms with E-state index in [0.29, 0.717) is 6.42 Å². The molecule has 188 valence electrons. The number of piperazine rings is 1. The summed E-state index contributed by atoms with van der Waals surface area (Å²) in [5, 5.41) is 3.52. The lowest BCUT2D eigenvalue weighted by molar-refractivity contribution is -0.141. The Morgan fingerprint density at radius 2 is 1.94 bits per heavy atom. The zero-order chi connectivity index (χ0) is 24.8. The largest absolute Gasteiger partial charge is 0.488 e. The molecule has 3 rings (SSSR count). The summed E-state index contributed by atoms with van der Waals surface area (Å²) in [7, 11) is 4.15. The van der Waals surface area contributed by atoms with E-state index in [4.69, 9.17) is 9.73 Å². The van der Waals surface area contributed by atoms with Gasteiger partial charge in [0.2, 0.25) is 0 Å². The number of amidine groups is 1. The first-order valence-corrected chi connectivity index (χ1v) is 12.4. The summed E-state index contributed by atoms with van der Waals surface area (Å²) in [6, 6.07) is 7.96. The summed E-state index contributed by atoms with van der Waals surface area (Å²) in [4.78, 5) is 28.0. The third kappa shape index (κ3) is 8.57. The van der Waals surface area contributed by atoms with Crippen LogP contribution in [0.1, 0.15) is 32.3 Å². The van der Waals surface area contributed by atoms with Gasteiger partial charge in [-0.2, -0.15) is 0 Å². The Bertz CT molecular complexity index is 807. The van der Waals surface area contributed by atoms with Crippen molar-refractivity contribution >= 4 is 24.1 Å². The molecule has 8 nitrogen and oxygen atoms in total. The Morgan fingerprint density at radius 1 is 1.21 bits per heavy atom. The highest BCUT2D eigenvalue weighted by Crippen LogP contribution is 2.18. The molecule has 1 aromatic carbocycles. The number of nitrogens with one attached hydrogen (secondary N) is 1. The predicted octanol–water partition coefficient (Wildman–Crippen LogP) is 2.78. The third-order valence-electron chi connectivity index (χ3n) is 5.73. The van der Waals surface area contributed by atoms with Crippen molar-refractivity contribution in [2.24, 2.45) is 9.98 Å². The van der Waals surface area contributed by atoms with Crippen LogP contribution in [0.15, 0.2) is 46.6 Å². The number of carbonyl (C=O) groups is 1. The number of hydrogen-bond acceptors (Lipinski definition) is 6. The number of benzene rings is 1. The van der Waals surface area contributed by atoms with Gasteiger partial charge >= 0.3 is 0 Å². The number of ether oxygens (including phenoxy) is 1. The molecule has 0 saturated carbocycles. The highest BCUT2D eigenvalue weighted by Gasteiger charge is 2.29. The van der Waals surface area contributed by atoms with Gasteiger partial charge in [0.15, 0.2) is 6.10 Å². The van der Waals surface area contributed by atoms with Crippen LogP contribution in [0.25, 0.3) is 0 Å². The molecular formula is C26H42N6O2. The molecule has 1 aromatic rings. The number of aliphatic imine (C=N–C) groups is 2. The van der Waals surface area contributed by atoms with Gasteiger partial charge in [-0.05, 0) is 52.0 Å². The lowest BCUT2D eigenvalue weighted by Gasteiger charge is -2.35. The van der Waals surface area contributed by atoms with Crippen molar-refractivity contribution in [3.8, 4) is 0 Å². The van der Waals surface area contributed by atoms with Crippen molar-refractivity contribution in [2.45, 2.75) is 32.8 Å². The van der Waals surface area contributed by atoms with Crippen LogP contribution in [-0.2, 0) is 9.53 Å². The van der Waals surface area contributed by atoms with Crippen LogP contribution >= 0.6 is 0 Å². The molecule has 0 spiro atoms. The normalized spacial score (nSPS) is 18.3. The fraction of sp³-hybridized carbons (Fsp3) is 0.577. The SMILES string of the molecule is C=Nc1ccccc1C(=NCCCN(C)C)NCCN1CCN(C(=O)C2CC=CO2)CC1.CC. The average Bonchev–Trinajstić information content (AvgIpc) is 3.41. The molecule has 1 saturated heterocycles. The van der Waals surface area contributed by atoms with Gasteiger partial charge in [-0.1, -0.05) is 26.0 Å². The van der Waals surface area contributed by atoms with E-state index in [2.05, 4.69) is 40.9 Å². The highest BCUT2D eigenvalue weighted by atomic mass is 16.5. The molecule has 0 aliphatic carbocycles. The van der Waals surface area contributed by atoms with Crippen LogP contribution in [0.5, 0.6) is 0 Å². The molecule has 1 amide bonds. The Labute approximate surface area is 205 Å². The van der Waals surface area contributed by atoms with Gasteiger partial charge in [0, 0.05) is 57.8 Å².